The quantitative estimate of drug-likeness (QED) is 0.345. The smallest absolute Gasteiger partial charge is 0.294 e. The van der Waals surface area contributed by atoms with Gasteiger partial charge in [-0.05, 0) is 69.4 Å². The van der Waals surface area contributed by atoms with Crippen molar-refractivity contribution in [3.8, 4) is 0 Å². The van der Waals surface area contributed by atoms with Crippen molar-refractivity contribution >= 4 is 29.2 Å². The Labute approximate surface area is 232 Å². The normalized spacial score (nSPS) is 14.6. The molecule has 3 heterocycles. The number of aryl methyl sites for hydroxylation is 2. The molecule has 0 bridgehead atoms. The van der Waals surface area contributed by atoms with E-state index in [-0.39, 0.29) is 23.0 Å². The third-order valence-corrected chi connectivity index (χ3v) is 8.01. The zero-order chi connectivity index (χ0) is 29.4. The summed E-state index contributed by atoms with van der Waals surface area (Å²) in [6, 6.07) is 4.27. The van der Waals surface area contributed by atoms with Crippen LogP contribution in [0, 0.1) is 26.6 Å². The standard InChI is InChI=1S/C29H35FN6O4/c1-7-29(10-12-36(13-11-29)28(40)20-15-31-34(5)16-20)33-27(39)25(37)24-18(3)23(19(4)35(24)6)26(38)32-21-8-9-22(30)17(2)14-21/h8-9,14-16H,7,10-13H2,1-6H3,(H,32,38)(H,33,39). The first-order valence-corrected chi connectivity index (χ1v) is 13.3. The Morgan fingerprint density at radius 1 is 1.07 bits per heavy atom. The summed E-state index contributed by atoms with van der Waals surface area (Å²) in [5, 5.41) is 9.77. The van der Waals surface area contributed by atoms with Gasteiger partial charge in [0.2, 0.25) is 0 Å². The van der Waals surface area contributed by atoms with E-state index in [1.807, 2.05) is 6.92 Å². The van der Waals surface area contributed by atoms with Crippen molar-refractivity contribution in [2.45, 2.75) is 52.5 Å². The number of hydrogen-bond donors (Lipinski definition) is 2. The first-order valence-electron chi connectivity index (χ1n) is 13.3. The molecule has 0 atom stereocenters. The van der Waals surface area contributed by atoms with Crippen molar-refractivity contribution < 1.29 is 23.6 Å². The van der Waals surface area contributed by atoms with E-state index in [9.17, 15) is 23.6 Å². The summed E-state index contributed by atoms with van der Waals surface area (Å²) in [6.45, 7) is 7.76. The summed E-state index contributed by atoms with van der Waals surface area (Å²) in [5.41, 5.74) is 2.03. The van der Waals surface area contributed by atoms with Crippen LogP contribution in [-0.4, -0.2) is 61.4 Å². The number of amides is 3. The van der Waals surface area contributed by atoms with Crippen LogP contribution in [0.25, 0.3) is 0 Å². The molecule has 2 aromatic heterocycles. The number of carbonyl (C=O) groups is 4. The highest BCUT2D eigenvalue weighted by Crippen LogP contribution is 2.28. The second kappa shape index (κ2) is 11.1. The maximum Gasteiger partial charge on any atom is 0.294 e. The van der Waals surface area contributed by atoms with Gasteiger partial charge in [0.1, 0.15) is 5.82 Å². The van der Waals surface area contributed by atoms with Gasteiger partial charge < -0.3 is 20.1 Å². The molecule has 1 aromatic carbocycles. The first-order chi connectivity index (χ1) is 18.9. The molecule has 3 aromatic rings. The van der Waals surface area contributed by atoms with E-state index in [2.05, 4.69) is 15.7 Å². The van der Waals surface area contributed by atoms with Crippen molar-refractivity contribution in [3.63, 3.8) is 0 Å². The molecule has 1 fully saturated rings. The van der Waals surface area contributed by atoms with Crippen LogP contribution in [-0.2, 0) is 18.9 Å². The van der Waals surface area contributed by atoms with E-state index in [1.54, 1.807) is 55.2 Å². The molecule has 0 spiro atoms. The van der Waals surface area contributed by atoms with E-state index in [0.29, 0.717) is 60.4 Å². The van der Waals surface area contributed by atoms with Gasteiger partial charge in [-0.2, -0.15) is 5.10 Å². The number of nitrogens with one attached hydrogen (secondary N) is 2. The van der Waals surface area contributed by atoms with Gasteiger partial charge in [0.05, 0.1) is 23.0 Å². The van der Waals surface area contributed by atoms with Crippen LogP contribution in [0.2, 0.25) is 0 Å². The van der Waals surface area contributed by atoms with Gasteiger partial charge in [-0.1, -0.05) is 6.92 Å². The highest BCUT2D eigenvalue weighted by atomic mass is 19.1. The molecule has 40 heavy (non-hydrogen) atoms. The summed E-state index contributed by atoms with van der Waals surface area (Å²) >= 11 is 0. The maximum atomic E-state index is 13.6. The van der Waals surface area contributed by atoms with E-state index in [1.165, 1.54) is 24.4 Å². The molecule has 1 aliphatic heterocycles. The predicted octanol–water partition coefficient (Wildman–Crippen LogP) is 3.46. The molecule has 0 aliphatic carbocycles. The Hall–Kier alpha value is -4.28. The number of ketones is 1. The Balaban J connectivity index is 1.48. The summed E-state index contributed by atoms with van der Waals surface area (Å²) in [5.74, 6) is -2.43. The lowest BCUT2D eigenvalue weighted by molar-refractivity contribution is -0.119. The molecule has 212 valence electrons. The molecule has 1 aliphatic rings. The van der Waals surface area contributed by atoms with E-state index in [0.717, 1.165) is 0 Å². The number of anilines is 1. The summed E-state index contributed by atoms with van der Waals surface area (Å²) < 4.78 is 16.8. The molecule has 3 amide bonds. The zero-order valence-electron chi connectivity index (χ0n) is 23.7. The highest BCUT2D eigenvalue weighted by molar-refractivity contribution is 6.43. The fourth-order valence-corrected chi connectivity index (χ4v) is 5.37. The van der Waals surface area contributed by atoms with Crippen LogP contribution < -0.4 is 10.6 Å². The van der Waals surface area contributed by atoms with E-state index in [4.69, 9.17) is 0 Å². The average molecular weight is 551 g/mol. The topological polar surface area (TPSA) is 118 Å². The fraction of sp³-hybridized carbons (Fsp3) is 0.414. The number of hydrogen-bond acceptors (Lipinski definition) is 5. The number of likely N-dealkylation sites (tertiary alicyclic amines) is 1. The third kappa shape index (κ3) is 5.41. The second-order valence-electron chi connectivity index (χ2n) is 10.5. The highest BCUT2D eigenvalue weighted by Gasteiger charge is 2.38. The Bertz CT molecular complexity index is 1500. The van der Waals surface area contributed by atoms with Crippen molar-refractivity contribution in [3.05, 3.63) is 70.1 Å². The van der Waals surface area contributed by atoms with Gasteiger partial charge in [0.25, 0.3) is 23.5 Å². The molecular weight excluding hydrogens is 515 g/mol. The molecule has 0 unspecified atom stereocenters. The Kier molecular flexibility index (Phi) is 7.95. The van der Waals surface area contributed by atoms with Gasteiger partial charge in [0.15, 0.2) is 0 Å². The summed E-state index contributed by atoms with van der Waals surface area (Å²) in [4.78, 5) is 54.4. The molecule has 1 saturated heterocycles. The minimum absolute atomic E-state index is 0.114. The minimum Gasteiger partial charge on any atom is -0.344 e. The van der Waals surface area contributed by atoms with Gasteiger partial charge >= 0.3 is 0 Å². The number of piperidine rings is 1. The number of aromatic nitrogens is 3. The second-order valence-corrected chi connectivity index (χ2v) is 10.5. The van der Waals surface area contributed by atoms with E-state index < -0.39 is 23.1 Å². The molecule has 11 heteroatoms. The summed E-state index contributed by atoms with van der Waals surface area (Å²) in [7, 11) is 3.39. The van der Waals surface area contributed by atoms with Crippen molar-refractivity contribution in [1.29, 1.82) is 0 Å². The summed E-state index contributed by atoms with van der Waals surface area (Å²) in [6.07, 6.45) is 4.80. The van der Waals surface area contributed by atoms with Crippen molar-refractivity contribution in [2.24, 2.45) is 14.1 Å². The minimum atomic E-state index is -0.751. The number of Topliss-reactive ketones (excluding diaryl/α,β-unsaturated/α-hetero) is 1. The number of benzene rings is 1. The van der Waals surface area contributed by atoms with Crippen LogP contribution in [0.5, 0.6) is 0 Å². The first kappa shape index (κ1) is 28.7. The predicted molar refractivity (Wildman–Crippen MR) is 148 cm³/mol. The third-order valence-electron chi connectivity index (χ3n) is 8.01. The van der Waals surface area contributed by atoms with Gasteiger partial charge in [-0.15, -0.1) is 0 Å². The monoisotopic (exact) mass is 550 g/mol. The van der Waals surface area contributed by atoms with Gasteiger partial charge in [-0.3, -0.25) is 23.9 Å². The van der Waals surface area contributed by atoms with Gasteiger partial charge in [-0.25, -0.2) is 4.39 Å². The zero-order valence-corrected chi connectivity index (χ0v) is 23.7. The van der Waals surface area contributed by atoms with Crippen LogP contribution in [0.4, 0.5) is 10.1 Å². The number of nitrogens with zero attached hydrogens (tertiary/aromatic N) is 4. The van der Waals surface area contributed by atoms with Crippen LogP contribution in [0.3, 0.4) is 0 Å². The maximum absolute atomic E-state index is 13.6. The van der Waals surface area contributed by atoms with Crippen molar-refractivity contribution in [2.75, 3.05) is 18.4 Å². The average Bonchev–Trinajstić information content (AvgIpc) is 3.45. The fourth-order valence-electron chi connectivity index (χ4n) is 5.37. The SMILES string of the molecule is CCC1(NC(=O)C(=O)c2c(C)c(C(=O)Nc3ccc(F)c(C)c3)c(C)n2C)CCN(C(=O)c2cnn(C)c2)CC1. The van der Waals surface area contributed by atoms with E-state index >= 15 is 0 Å². The lowest BCUT2D eigenvalue weighted by atomic mass is 9.84. The number of carbonyl (C=O) groups excluding carboxylic acids is 4. The molecule has 10 nitrogen and oxygen atoms in total. The van der Waals surface area contributed by atoms with Crippen LogP contribution in [0.1, 0.15) is 74.2 Å². The number of halogens is 1. The Morgan fingerprint density at radius 3 is 2.33 bits per heavy atom. The van der Waals surface area contributed by atoms with Crippen molar-refractivity contribution in [1.82, 2.24) is 24.6 Å². The van der Waals surface area contributed by atoms with Crippen LogP contribution in [0.15, 0.2) is 30.6 Å². The molecule has 2 N–H and O–H groups in total. The lowest BCUT2D eigenvalue weighted by Gasteiger charge is -2.41. The molecule has 0 saturated carbocycles. The number of rotatable bonds is 7. The van der Waals surface area contributed by atoms with Crippen LogP contribution >= 0.6 is 0 Å². The molecule has 0 radical (unpaired) electrons. The lowest BCUT2D eigenvalue weighted by Crippen LogP contribution is -2.57. The molecular formula is C29H35FN6O4. The Morgan fingerprint density at radius 2 is 1.75 bits per heavy atom. The van der Waals surface area contributed by atoms with Gasteiger partial charge in [0, 0.05) is 50.3 Å². The largest absolute Gasteiger partial charge is 0.344 e. The molecule has 4 rings (SSSR count).